The second-order valence-corrected chi connectivity index (χ2v) is 9.53. The second-order valence-electron chi connectivity index (χ2n) is 9.53. The van der Waals surface area contributed by atoms with Gasteiger partial charge in [0.1, 0.15) is 23.1 Å². The summed E-state index contributed by atoms with van der Waals surface area (Å²) in [7, 11) is 5.21. The molecule has 0 spiro atoms. The van der Waals surface area contributed by atoms with E-state index in [-0.39, 0.29) is 30.2 Å². The number of nitrogens with one attached hydrogen (secondary N) is 2. The van der Waals surface area contributed by atoms with Crippen molar-refractivity contribution < 1.29 is 19.0 Å². The third-order valence-corrected chi connectivity index (χ3v) is 7.60. The fraction of sp³-hybridized carbons (Fsp3) is 0.462. The Morgan fingerprint density at radius 3 is 2.78 bits per heavy atom. The summed E-state index contributed by atoms with van der Waals surface area (Å²) < 4.78 is 20.7. The lowest BCUT2D eigenvalue weighted by Gasteiger charge is -2.35. The summed E-state index contributed by atoms with van der Waals surface area (Å²) in [4.78, 5) is 22.9. The van der Waals surface area contributed by atoms with Gasteiger partial charge in [-0.05, 0) is 31.4 Å². The topological polar surface area (TPSA) is 117 Å². The number of anilines is 1. The number of rotatable bonds is 7. The fourth-order valence-electron chi connectivity index (χ4n) is 5.39. The standard InChI is InChI=1S/C26H31N7O4/c1-27-23-11-19(30-25-16(12-29-33(23)25)26(34)31-18-6-7-21(18)35-2)17-13-32(24-15(17)5-4-9-28-24)20-8-10-37-14-22(20)36-3/h4-5,9,11-13,18,20-22,27H,6-8,10,14H2,1-3H3,(H,31,34)/t18-,20+,21-,22+/m0/s1. The zero-order valence-corrected chi connectivity index (χ0v) is 21.2. The lowest BCUT2D eigenvalue weighted by Crippen LogP contribution is -2.51. The van der Waals surface area contributed by atoms with E-state index in [4.69, 9.17) is 24.2 Å². The van der Waals surface area contributed by atoms with Crippen molar-refractivity contribution in [3.8, 4) is 11.3 Å². The molecule has 0 unspecified atom stereocenters. The summed E-state index contributed by atoms with van der Waals surface area (Å²) in [6.45, 7) is 1.20. The average Bonchev–Trinajstić information content (AvgIpc) is 3.53. The Morgan fingerprint density at radius 1 is 1.16 bits per heavy atom. The highest BCUT2D eigenvalue weighted by Crippen LogP contribution is 2.35. The van der Waals surface area contributed by atoms with Crippen molar-refractivity contribution in [3.05, 3.63) is 42.4 Å². The van der Waals surface area contributed by atoms with Crippen LogP contribution < -0.4 is 10.6 Å². The van der Waals surface area contributed by atoms with Crippen LogP contribution in [0.15, 0.2) is 36.8 Å². The van der Waals surface area contributed by atoms with Gasteiger partial charge in [-0.15, -0.1) is 0 Å². The van der Waals surface area contributed by atoms with Crippen molar-refractivity contribution in [2.24, 2.45) is 0 Å². The molecule has 4 atom stereocenters. The van der Waals surface area contributed by atoms with Gasteiger partial charge in [-0.25, -0.2) is 9.97 Å². The fourth-order valence-corrected chi connectivity index (χ4v) is 5.39. The quantitative estimate of drug-likeness (QED) is 0.394. The third-order valence-electron chi connectivity index (χ3n) is 7.60. The van der Waals surface area contributed by atoms with E-state index in [0.717, 1.165) is 47.4 Å². The molecule has 1 amide bonds. The lowest BCUT2D eigenvalue weighted by atomic mass is 9.89. The summed E-state index contributed by atoms with van der Waals surface area (Å²) in [5, 5.41) is 11.7. The predicted molar refractivity (Wildman–Crippen MR) is 138 cm³/mol. The molecule has 11 nitrogen and oxygen atoms in total. The summed E-state index contributed by atoms with van der Waals surface area (Å²) in [6, 6.07) is 6.00. The largest absolute Gasteiger partial charge is 0.379 e. The zero-order valence-electron chi connectivity index (χ0n) is 21.2. The number of amides is 1. The molecule has 5 heterocycles. The molecule has 11 heteroatoms. The van der Waals surface area contributed by atoms with Gasteiger partial charge in [0.15, 0.2) is 5.65 Å². The van der Waals surface area contributed by atoms with Crippen molar-refractivity contribution in [3.63, 3.8) is 0 Å². The molecule has 2 aliphatic rings. The molecule has 0 bridgehead atoms. The van der Waals surface area contributed by atoms with Crippen LogP contribution in [0.5, 0.6) is 0 Å². The van der Waals surface area contributed by atoms with E-state index in [9.17, 15) is 4.79 Å². The molecule has 37 heavy (non-hydrogen) atoms. The first-order valence-electron chi connectivity index (χ1n) is 12.6. The first kappa shape index (κ1) is 23.8. The van der Waals surface area contributed by atoms with Crippen LogP contribution in [0.1, 0.15) is 35.7 Å². The SMILES string of the molecule is CNc1cc(-c2cn([C@@H]3CCOC[C@H]3OC)c3ncccc23)nc2c(C(=O)N[C@H]3CC[C@@H]3OC)cnn12. The molecule has 1 aliphatic heterocycles. The third kappa shape index (κ3) is 4.03. The van der Waals surface area contributed by atoms with E-state index < -0.39 is 0 Å². The lowest BCUT2D eigenvalue weighted by molar-refractivity contribution is -0.0592. The van der Waals surface area contributed by atoms with E-state index in [1.165, 1.54) is 0 Å². The minimum Gasteiger partial charge on any atom is -0.379 e. The maximum absolute atomic E-state index is 13.2. The number of methoxy groups -OCH3 is 2. The van der Waals surface area contributed by atoms with Crippen LogP contribution in [0, 0.1) is 0 Å². The molecule has 1 saturated heterocycles. The van der Waals surface area contributed by atoms with Crippen molar-refractivity contribution in [2.45, 2.75) is 43.6 Å². The van der Waals surface area contributed by atoms with Crippen molar-refractivity contribution in [1.29, 1.82) is 0 Å². The average molecular weight is 506 g/mol. The van der Waals surface area contributed by atoms with E-state index >= 15 is 0 Å². The van der Waals surface area contributed by atoms with Crippen LogP contribution >= 0.6 is 0 Å². The van der Waals surface area contributed by atoms with Crippen molar-refractivity contribution in [1.82, 2.24) is 29.5 Å². The van der Waals surface area contributed by atoms with E-state index in [1.807, 2.05) is 25.2 Å². The van der Waals surface area contributed by atoms with Gasteiger partial charge < -0.3 is 29.4 Å². The molecule has 4 aromatic heterocycles. The van der Waals surface area contributed by atoms with Gasteiger partial charge in [0.05, 0.1) is 36.7 Å². The van der Waals surface area contributed by atoms with Crippen LogP contribution in [0.2, 0.25) is 0 Å². The molecular formula is C26H31N7O4. The number of nitrogens with zero attached hydrogens (tertiary/aromatic N) is 5. The highest BCUT2D eigenvalue weighted by atomic mass is 16.5. The number of carbonyl (C=O) groups is 1. The maximum Gasteiger partial charge on any atom is 0.257 e. The van der Waals surface area contributed by atoms with E-state index in [2.05, 4.69) is 26.5 Å². The molecule has 1 aliphatic carbocycles. The number of carbonyl (C=O) groups excluding carboxylic acids is 1. The molecular weight excluding hydrogens is 474 g/mol. The first-order chi connectivity index (χ1) is 18.1. The molecule has 2 N–H and O–H groups in total. The summed E-state index contributed by atoms with van der Waals surface area (Å²) >= 11 is 0. The molecule has 0 radical (unpaired) electrons. The van der Waals surface area contributed by atoms with Gasteiger partial charge in [0.2, 0.25) is 0 Å². The predicted octanol–water partition coefficient (Wildman–Crippen LogP) is 2.67. The van der Waals surface area contributed by atoms with Gasteiger partial charge >= 0.3 is 0 Å². The van der Waals surface area contributed by atoms with Gasteiger partial charge in [-0.2, -0.15) is 9.61 Å². The van der Waals surface area contributed by atoms with Gasteiger partial charge in [-0.3, -0.25) is 4.79 Å². The smallest absolute Gasteiger partial charge is 0.257 e. The Labute approximate surface area is 214 Å². The van der Waals surface area contributed by atoms with Crippen LogP contribution in [-0.2, 0) is 14.2 Å². The molecule has 2 fully saturated rings. The molecule has 0 aromatic carbocycles. The Bertz CT molecular complexity index is 1450. The minimum atomic E-state index is -0.206. The van der Waals surface area contributed by atoms with Gasteiger partial charge in [-0.1, -0.05) is 0 Å². The molecule has 6 rings (SSSR count). The number of pyridine rings is 1. The maximum atomic E-state index is 13.2. The van der Waals surface area contributed by atoms with Gasteiger partial charge in [0.25, 0.3) is 5.91 Å². The molecule has 4 aromatic rings. The minimum absolute atomic E-state index is 0.00310. The Balaban J connectivity index is 1.45. The zero-order chi connectivity index (χ0) is 25.5. The number of aromatic nitrogens is 5. The van der Waals surface area contributed by atoms with Crippen LogP contribution in [0.3, 0.4) is 0 Å². The highest BCUT2D eigenvalue weighted by molar-refractivity contribution is 6.01. The number of ether oxygens (including phenoxy) is 3. The molecule has 194 valence electrons. The highest BCUT2D eigenvalue weighted by Gasteiger charge is 2.33. The second kappa shape index (κ2) is 9.73. The summed E-state index contributed by atoms with van der Waals surface area (Å²) in [5.41, 5.74) is 3.42. The van der Waals surface area contributed by atoms with Crippen molar-refractivity contribution in [2.75, 3.05) is 39.8 Å². The summed E-state index contributed by atoms with van der Waals surface area (Å²) in [6.07, 6.45) is 8.08. The monoisotopic (exact) mass is 505 g/mol. The van der Waals surface area contributed by atoms with E-state index in [0.29, 0.717) is 24.4 Å². The van der Waals surface area contributed by atoms with E-state index in [1.54, 1.807) is 31.1 Å². The Morgan fingerprint density at radius 2 is 2.03 bits per heavy atom. The van der Waals surface area contributed by atoms with Crippen LogP contribution in [0.4, 0.5) is 5.82 Å². The van der Waals surface area contributed by atoms with Crippen molar-refractivity contribution >= 4 is 28.4 Å². The molecule has 1 saturated carbocycles. The Kier molecular flexibility index (Phi) is 6.27. The normalized spacial score (nSPS) is 23.8. The van der Waals surface area contributed by atoms with Gasteiger partial charge in [0, 0.05) is 57.3 Å². The first-order valence-corrected chi connectivity index (χ1v) is 12.6. The van der Waals surface area contributed by atoms with Crippen LogP contribution in [0.25, 0.3) is 27.9 Å². The Hall–Kier alpha value is -3.54. The number of hydrogen-bond acceptors (Lipinski definition) is 8. The number of hydrogen-bond donors (Lipinski definition) is 2. The summed E-state index contributed by atoms with van der Waals surface area (Å²) in [5.74, 6) is 0.519. The van der Waals surface area contributed by atoms with Crippen LogP contribution in [-0.4, -0.2) is 82.8 Å². The number of fused-ring (bicyclic) bond motifs is 2.